The van der Waals surface area contributed by atoms with Crippen LogP contribution in [-0.4, -0.2) is 39.4 Å². The first-order valence-corrected chi connectivity index (χ1v) is 2.75. The quantitative estimate of drug-likeness (QED) is 0.247. The number of rotatable bonds is 0. The maximum absolute atomic E-state index is 8.74. The van der Waals surface area contributed by atoms with Crippen molar-refractivity contribution >= 4 is 29.0 Å². The van der Waals surface area contributed by atoms with E-state index in [0.29, 0.717) is 0 Å². The van der Waals surface area contributed by atoms with E-state index in [-0.39, 0.29) is 141 Å². The summed E-state index contributed by atoms with van der Waals surface area (Å²) in [6.07, 6.45) is -1.83. The third-order valence-corrected chi connectivity index (χ3v) is 0. The van der Waals surface area contributed by atoms with Crippen LogP contribution < -0.4 is 103 Å². The van der Waals surface area contributed by atoms with Gasteiger partial charge in [-0.15, -0.1) is 12.4 Å². The Balaban J connectivity index is -0.00000000614. The van der Waals surface area contributed by atoms with Crippen LogP contribution in [0.4, 0.5) is 4.79 Å². The van der Waals surface area contributed by atoms with Crippen LogP contribution in [0.25, 0.3) is 0 Å². The molecule has 13 heteroatoms. The molecule has 0 aliphatic carbocycles. The van der Waals surface area contributed by atoms with Crippen molar-refractivity contribution in [1.82, 2.24) is 0 Å². The molecule has 87 valence electrons. The van der Waals surface area contributed by atoms with E-state index in [0.717, 1.165) is 0 Å². The average Bonchev–Trinajstić information content (AvgIpc) is 1.19. The molecular formula is CH9ClCuK2O8S. The minimum atomic E-state index is -4.67. The van der Waals surface area contributed by atoms with E-state index in [1.54, 1.807) is 0 Å². The zero-order chi connectivity index (χ0) is 8.08. The van der Waals surface area contributed by atoms with Crippen molar-refractivity contribution in [2.75, 3.05) is 0 Å². The SMILES string of the molecule is Cl.O.O=C(O)O.O=S(=O)(O)O.[Cu].[H-].[H-].[K+].[K+]. The van der Waals surface area contributed by atoms with E-state index in [2.05, 4.69) is 0 Å². The summed E-state index contributed by atoms with van der Waals surface area (Å²) >= 11 is 0. The van der Waals surface area contributed by atoms with Gasteiger partial charge in [-0.25, -0.2) is 4.79 Å². The summed E-state index contributed by atoms with van der Waals surface area (Å²) < 4.78 is 31.6. The van der Waals surface area contributed by atoms with Crippen molar-refractivity contribution in [3.63, 3.8) is 0 Å². The van der Waals surface area contributed by atoms with Gasteiger partial charge in [0.1, 0.15) is 0 Å². The van der Waals surface area contributed by atoms with Crippen molar-refractivity contribution in [2.24, 2.45) is 0 Å². The van der Waals surface area contributed by atoms with Gasteiger partial charge in [0.15, 0.2) is 0 Å². The molecule has 0 aliphatic heterocycles. The van der Waals surface area contributed by atoms with E-state index in [1.165, 1.54) is 0 Å². The molecule has 0 atom stereocenters. The summed E-state index contributed by atoms with van der Waals surface area (Å²) in [4.78, 5) is 8.56. The molecule has 0 aromatic rings. The summed E-state index contributed by atoms with van der Waals surface area (Å²) in [5.74, 6) is 0. The van der Waals surface area contributed by atoms with Gasteiger partial charge >= 0.3 is 119 Å². The molecular weight excluding hydrogens is 349 g/mol. The number of carboxylic acid groups (broad SMARTS) is 2. The third kappa shape index (κ3) is 302. The summed E-state index contributed by atoms with van der Waals surface area (Å²) in [6.45, 7) is 0. The molecule has 0 rings (SSSR count). The molecule has 0 saturated carbocycles. The first-order valence-electron chi connectivity index (χ1n) is 1.35. The molecule has 0 amide bonds. The topological polar surface area (TPSA) is 164 Å². The minimum Gasteiger partial charge on any atom is -1.00 e. The molecule has 0 spiro atoms. The van der Waals surface area contributed by atoms with Crippen molar-refractivity contribution < 1.29 is 161 Å². The van der Waals surface area contributed by atoms with Gasteiger partial charge in [-0.05, 0) is 0 Å². The van der Waals surface area contributed by atoms with Crippen molar-refractivity contribution in [3.05, 3.63) is 0 Å². The Morgan fingerprint density at radius 2 is 1.07 bits per heavy atom. The fourth-order valence-electron chi connectivity index (χ4n) is 0. The molecule has 0 aromatic carbocycles. The van der Waals surface area contributed by atoms with Gasteiger partial charge in [0, 0.05) is 17.1 Å². The van der Waals surface area contributed by atoms with E-state index >= 15 is 0 Å². The second kappa shape index (κ2) is 25.1. The second-order valence-corrected chi connectivity index (χ2v) is 1.63. The minimum absolute atomic E-state index is 0. The van der Waals surface area contributed by atoms with Gasteiger partial charge in [0.05, 0.1) is 0 Å². The summed E-state index contributed by atoms with van der Waals surface area (Å²) in [5.41, 5.74) is 0. The van der Waals surface area contributed by atoms with Crippen LogP contribution in [0.5, 0.6) is 0 Å². The fraction of sp³-hybridized carbons (Fsp3) is 0. The van der Waals surface area contributed by atoms with Gasteiger partial charge in [-0.3, -0.25) is 9.11 Å². The maximum atomic E-state index is 8.74. The van der Waals surface area contributed by atoms with Gasteiger partial charge in [-0.1, -0.05) is 0 Å². The van der Waals surface area contributed by atoms with Crippen LogP contribution in [0.15, 0.2) is 0 Å². The van der Waals surface area contributed by atoms with Crippen LogP contribution in [0.2, 0.25) is 0 Å². The smallest absolute Gasteiger partial charge is 1.00 e. The first-order chi connectivity index (χ1) is 3.73. The van der Waals surface area contributed by atoms with Gasteiger partial charge in [-0.2, -0.15) is 8.42 Å². The van der Waals surface area contributed by atoms with Crippen LogP contribution in [0, 0.1) is 0 Å². The molecule has 0 aliphatic rings. The normalized spacial score (nSPS) is 5.86. The molecule has 0 fully saturated rings. The van der Waals surface area contributed by atoms with E-state index in [1.807, 2.05) is 0 Å². The van der Waals surface area contributed by atoms with Crippen LogP contribution in [0.3, 0.4) is 0 Å². The summed E-state index contributed by atoms with van der Waals surface area (Å²) in [7, 11) is -4.67. The predicted octanol–water partition coefficient (Wildman–Crippen LogP) is -6.60. The summed E-state index contributed by atoms with van der Waals surface area (Å²) in [6, 6.07) is 0. The largest absolute Gasteiger partial charge is 1.00 e. The molecule has 0 heterocycles. The number of carbonyl (C=O) groups is 1. The van der Waals surface area contributed by atoms with E-state index in [4.69, 9.17) is 32.5 Å². The molecule has 14 heavy (non-hydrogen) atoms. The Kier molecular flexibility index (Phi) is 77.9. The van der Waals surface area contributed by atoms with Crippen molar-refractivity contribution in [2.45, 2.75) is 0 Å². The zero-order valence-corrected chi connectivity index (χ0v) is 16.0. The molecule has 0 saturated heterocycles. The fourth-order valence-corrected chi connectivity index (χ4v) is 0. The van der Waals surface area contributed by atoms with Crippen LogP contribution in [-0.2, 0) is 27.5 Å². The Hall–Kier alpha value is 3.18. The summed E-state index contributed by atoms with van der Waals surface area (Å²) in [5, 5.41) is 13.9. The molecule has 0 aromatic heterocycles. The third-order valence-electron chi connectivity index (χ3n) is 0. The van der Waals surface area contributed by atoms with Crippen LogP contribution >= 0.6 is 12.4 Å². The van der Waals surface area contributed by atoms with Crippen molar-refractivity contribution in [1.29, 1.82) is 0 Å². The molecule has 0 unspecified atom stereocenters. The first kappa shape index (κ1) is 43.4. The van der Waals surface area contributed by atoms with Gasteiger partial charge in [0.25, 0.3) is 0 Å². The van der Waals surface area contributed by atoms with E-state index < -0.39 is 16.6 Å². The number of halogens is 1. The zero-order valence-electron chi connectivity index (χ0n) is 9.13. The van der Waals surface area contributed by atoms with Gasteiger partial charge < -0.3 is 18.5 Å². The van der Waals surface area contributed by atoms with Gasteiger partial charge in [0.2, 0.25) is 0 Å². The Morgan fingerprint density at radius 1 is 1.07 bits per heavy atom. The molecule has 8 nitrogen and oxygen atoms in total. The molecule has 0 bridgehead atoms. The standard InChI is InChI=1S/CH2O3.ClH.Cu.2K.H2O4S.H2O.2H/c2-1(3)4;;;;;1-5(2,3)4;;;/h(H2,2,3,4);1H;;;;(H2,1,2,3,4);1H2;;/q;;;2*+1;;;2*-1. The van der Waals surface area contributed by atoms with Crippen LogP contribution in [0.1, 0.15) is 2.85 Å². The maximum Gasteiger partial charge on any atom is 1.00 e. The Labute approximate surface area is 185 Å². The number of hydrogen-bond acceptors (Lipinski definition) is 3. The monoisotopic (exact) mass is 357 g/mol. The Morgan fingerprint density at radius 3 is 1.07 bits per heavy atom. The number of hydrogen-bond donors (Lipinski definition) is 4. The second-order valence-electron chi connectivity index (χ2n) is 0.730. The predicted molar refractivity (Wildman–Crippen MR) is 37.9 cm³/mol. The molecule has 1 radical (unpaired) electrons. The molecule has 6 N–H and O–H groups in total. The van der Waals surface area contributed by atoms with Crippen molar-refractivity contribution in [3.8, 4) is 0 Å². The average molecular weight is 358 g/mol. The van der Waals surface area contributed by atoms with E-state index in [9.17, 15) is 0 Å². The Bertz CT molecular complexity index is 178.